The predicted molar refractivity (Wildman–Crippen MR) is 101 cm³/mol. The van der Waals surface area contributed by atoms with Crippen LogP contribution in [0.1, 0.15) is 29.8 Å². The molecule has 0 radical (unpaired) electrons. The lowest BCUT2D eigenvalue weighted by Crippen LogP contribution is -2.30. The lowest BCUT2D eigenvalue weighted by molar-refractivity contribution is 0.102. The molecule has 0 fully saturated rings. The first-order valence-corrected chi connectivity index (χ1v) is 9.79. The maximum atomic E-state index is 12.7. The van der Waals surface area contributed by atoms with Crippen molar-refractivity contribution in [3.8, 4) is 0 Å². The smallest absolute Gasteiger partial charge is 0.255 e. The molecule has 0 bridgehead atoms. The van der Waals surface area contributed by atoms with Crippen LogP contribution in [0.25, 0.3) is 0 Å². The van der Waals surface area contributed by atoms with Gasteiger partial charge in [0.25, 0.3) is 5.91 Å². The first-order chi connectivity index (χ1) is 11.8. The van der Waals surface area contributed by atoms with Gasteiger partial charge < -0.3 is 5.32 Å². The topological polar surface area (TPSA) is 66.5 Å². The fraction of sp³-hybridized carbons (Fsp3) is 0.278. The van der Waals surface area contributed by atoms with E-state index in [0.717, 1.165) is 0 Å². The van der Waals surface area contributed by atoms with Gasteiger partial charge in [-0.2, -0.15) is 4.31 Å². The third-order valence-electron chi connectivity index (χ3n) is 3.88. The molecular formula is C18H21ClN2O3S. The van der Waals surface area contributed by atoms with E-state index in [1.807, 2.05) is 0 Å². The molecule has 7 heteroatoms. The summed E-state index contributed by atoms with van der Waals surface area (Å²) in [6.45, 7) is 6.07. The molecule has 0 saturated carbocycles. The third-order valence-corrected chi connectivity index (χ3v) is 6.16. The van der Waals surface area contributed by atoms with Gasteiger partial charge >= 0.3 is 0 Å². The summed E-state index contributed by atoms with van der Waals surface area (Å²) in [6.07, 6.45) is 0. The molecule has 0 aliphatic heterocycles. The van der Waals surface area contributed by atoms with Gasteiger partial charge in [0, 0.05) is 29.4 Å². The Balaban J connectivity index is 2.37. The highest BCUT2D eigenvalue weighted by atomic mass is 35.5. The second-order valence-electron chi connectivity index (χ2n) is 5.53. The van der Waals surface area contributed by atoms with Crippen molar-refractivity contribution in [3.05, 3.63) is 58.6 Å². The van der Waals surface area contributed by atoms with Crippen LogP contribution >= 0.6 is 11.6 Å². The lowest BCUT2D eigenvalue weighted by atomic mass is 10.1. The summed E-state index contributed by atoms with van der Waals surface area (Å²) in [5, 5.41) is 3.25. The first-order valence-electron chi connectivity index (χ1n) is 7.97. The molecule has 0 aromatic heterocycles. The fourth-order valence-corrected chi connectivity index (χ4v) is 4.16. The number of sulfonamides is 1. The Morgan fingerprint density at radius 2 is 1.80 bits per heavy atom. The Labute approximate surface area is 153 Å². The molecule has 0 spiro atoms. The SMILES string of the molecule is CCN(CC)S(=O)(=O)c1ccc(C)c(C(=O)Nc2cccc(Cl)c2)c1. The van der Waals surface area contributed by atoms with Crippen molar-refractivity contribution in [2.45, 2.75) is 25.7 Å². The molecule has 1 N–H and O–H groups in total. The van der Waals surface area contributed by atoms with Gasteiger partial charge in [-0.15, -0.1) is 0 Å². The molecule has 0 atom stereocenters. The number of benzene rings is 2. The molecule has 5 nitrogen and oxygen atoms in total. The highest BCUT2D eigenvalue weighted by Crippen LogP contribution is 2.21. The summed E-state index contributed by atoms with van der Waals surface area (Å²) < 4.78 is 26.7. The fourth-order valence-electron chi connectivity index (χ4n) is 2.48. The number of anilines is 1. The maximum absolute atomic E-state index is 12.7. The molecule has 0 aliphatic rings. The maximum Gasteiger partial charge on any atom is 0.255 e. The van der Waals surface area contributed by atoms with E-state index in [4.69, 9.17) is 11.6 Å². The molecule has 25 heavy (non-hydrogen) atoms. The number of hydrogen-bond acceptors (Lipinski definition) is 3. The van der Waals surface area contributed by atoms with Crippen molar-refractivity contribution in [1.29, 1.82) is 0 Å². The van der Waals surface area contributed by atoms with Gasteiger partial charge in [-0.05, 0) is 42.8 Å². The van der Waals surface area contributed by atoms with Gasteiger partial charge in [0.1, 0.15) is 0 Å². The Kier molecular flexibility index (Phi) is 6.21. The minimum absolute atomic E-state index is 0.109. The largest absolute Gasteiger partial charge is 0.322 e. The van der Waals surface area contributed by atoms with E-state index in [2.05, 4.69) is 5.32 Å². The van der Waals surface area contributed by atoms with Gasteiger partial charge in [0.2, 0.25) is 10.0 Å². The summed E-state index contributed by atoms with van der Waals surface area (Å²) in [6, 6.07) is 11.4. The number of halogens is 1. The zero-order chi connectivity index (χ0) is 18.6. The van der Waals surface area contributed by atoms with E-state index in [0.29, 0.717) is 34.9 Å². The number of hydrogen-bond donors (Lipinski definition) is 1. The van der Waals surface area contributed by atoms with Crippen molar-refractivity contribution in [3.63, 3.8) is 0 Å². The molecule has 2 rings (SSSR count). The minimum Gasteiger partial charge on any atom is -0.322 e. The van der Waals surface area contributed by atoms with E-state index in [9.17, 15) is 13.2 Å². The molecule has 0 saturated heterocycles. The van der Waals surface area contributed by atoms with E-state index in [1.54, 1.807) is 51.1 Å². The van der Waals surface area contributed by atoms with Crippen LogP contribution < -0.4 is 5.32 Å². The number of carbonyl (C=O) groups excluding carboxylic acids is 1. The second kappa shape index (κ2) is 7.99. The summed E-state index contributed by atoms with van der Waals surface area (Å²) in [5.74, 6) is -0.378. The number of amides is 1. The number of nitrogens with zero attached hydrogens (tertiary/aromatic N) is 1. The van der Waals surface area contributed by atoms with Crippen LogP contribution in [0.15, 0.2) is 47.4 Å². The number of carbonyl (C=O) groups is 1. The Morgan fingerprint density at radius 3 is 2.40 bits per heavy atom. The summed E-state index contributed by atoms with van der Waals surface area (Å²) >= 11 is 5.92. The van der Waals surface area contributed by atoms with Gasteiger partial charge in [-0.25, -0.2) is 8.42 Å². The average molecular weight is 381 g/mol. The minimum atomic E-state index is -3.62. The van der Waals surface area contributed by atoms with Gasteiger partial charge in [-0.3, -0.25) is 4.79 Å². The van der Waals surface area contributed by atoms with Crippen LogP contribution in [0.3, 0.4) is 0 Å². The van der Waals surface area contributed by atoms with Crippen LogP contribution in [0.2, 0.25) is 5.02 Å². The van der Waals surface area contributed by atoms with E-state index >= 15 is 0 Å². The second-order valence-corrected chi connectivity index (χ2v) is 7.90. The molecule has 0 aliphatic carbocycles. The lowest BCUT2D eigenvalue weighted by Gasteiger charge is -2.19. The molecule has 2 aromatic carbocycles. The zero-order valence-corrected chi connectivity index (χ0v) is 16.0. The standard InChI is InChI=1S/C18H21ClN2O3S/c1-4-21(5-2)25(23,24)16-10-9-13(3)17(12-16)18(22)20-15-8-6-7-14(19)11-15/h6-12H,4-5H2,1-3H3,(H,20,22). The summed E-state index contributed by atoms with van der Waals surface area (Å²) in [4.78, 5) is 12.7. The highest BCUT2D eigenvalue weighted by molar-refractivity contribution is 7.89. The zero-order valence-electron chi connectivity index (χ0n) is 14.4. The summed E-state index contributed by atoms with van der Waals surface area (Å²) in [7, 11) is -3.62. The van der Waals surface area contributed by atoms with E-state index < -0.39 is 10.0 Å². The van der Waals surface area contributed by atoms with Crippen molar-refractivity contribution >= 4 is 33.2 Å². The van der Waals surface area contributed by atoms with Crippen molar-refractivity contribution in [2.75, 3.05) is 18.4 Å². The highest BCUT2D eigenvalue weighted by Gasteiger charge is 2.23. The van der Waals surface area contributed by atoms with Crippen LogP contribution in [-0.4, -0.2) is 31.7 Å². The van der Waals surface area contributed by atoms with Crippen LogP contribution in [0.5, 0.6) is 0 Å². The monoisotopic (exact) mass is 380 g/mol. The van der Waals surface area contributed by atoms with Gasteiger partial charge in [-0.1, -0.05) is 37.6 Å². The van der Waals surface area contributed by atoms with Crippen molar-refractivity contribution in [1.82, 2.24) is 4.31 Å². The van der Waals surface area contributed by atoms with Crippen LogP contribution in [0.4, 0.5) is 5.69 Å². The average Bonchev–Trinajstić information content (AvgIpc) is 2.55. The third kappa shape index (κ3) is 4.39. The molecular weight excluding hydrogens is 360 g/mol. The van der Waals surface area contributed by atoms with Crippen LogP contribution in [0, 0.1) is 6.92 Å². The molecule has 2 aromatic rings. The normalized spacial score (nSPS) is 11.6. The van der Waals surface area contributed by atoms with Gasteiger partial charge in [0.15, 0.2) is 0 Å². The Morgan fingerprint density at radius 1 is 1.12 bits per heavy atom. The van der Waals surface area contributed by atoms with Crippen LogP contribution in [-0.2, 0) is 10.0 Å². The van der Waals surface area contributed by atoms with E-state index in [1.165, 1.54) is 16.4 Å². The number of aryl methyl sites for hydroxylation is 1. The van der Waals surface area contributed by atoms with Gasteiger partial charge in [0.05, 0.1) is 4.90 Å². The Hall–Kier alpha value is -1.89. The van der Waals surface area contributed by atoms with E-state index in [-0.39, 0.29) is 10.8 Å². The number of nitrogens with one attached hydrogen (secondary N) is 1. The quantitative estimate of drug-likeness (QED) is 0.825. The van der Waals surface area contributed by atoms with Crippen molar-refractivity contribution < 1.29 is 13.2 Å². The molecule has 0 unspecified atom stereocenters. The molecule has 1 amide bonds. The molecule has 0 heterocycles. The summed E-state index contributed by atoms with van der Waals surface area (Å²) in [5.41, 5.74) is 1.56. The predicted octanol–water partition coefficient (Wildman–Crippen LogP) is 3.93. The first kappa shape index (κ1) is 19.4. The van der Waals surface area contributed by atoms with Crippen molar-refractivity contribution in [2.24, 2.45) is 0 Å². The molecule has 134 valence electrons. The number of rotatable bonds is 6. The Bertz CT molecular complexity index is 878.